The van der Waals surface area contributed by atoms with Crippen molar-refractivity contribution in [2.24, 2.45) is 0 Å². The highest BCUT2D eigenvalue weighted by Crippen LogP contribution is 2.34. The Morgan fingerprint density at radius 1 is 1.15 bits per heavy atom. The van der Waals surface area contributed by atoms with Crippen LogP contribution in [0.25, 0.3) is 0 Å². The topological polar surface area (TPSA) is 100 Å². The van der Waals surface area contributed by atoms with Crippen molar-refractivity contribution in [3.63, 3.8) is 0 Å². The Balaban J connectivity index is 1.66. The average Bonchev–Trinajstić information content (AvgIpc) is 3.56. The molecule has 1 atom stereocenters. The monoisotopic (exact) mass is 467 g/mol. The average molecular weight is 468 g/mol. The number of hydrogen-bond acceptors (Lipinski definition) is 5. The van der Waals surface area contributed by atoms with Crippen LogP contribution in [0.5, 0.6) is 11.5 Å². The lowest BCUT2D eigenvalue weighted by Gasteiger charge is -2.22. The standard InChI is InChI=1S/C25H26ClN3O4/c1-16-12-17-4-6-21(16)32-10-2-3-11-33-22-7-5-18(26)14-19(22)23(30)28-20(13-17)24(31)29-25(15-27)8-9-25/h4-7,12,14,20H,2-3,8-11,13H2,1H3,(H,28,30)(H,29,31). The first-order valence-corrected chi connectivity index (χ1v) is 11.5. The van der Waals surface area contributed by atoms with Gasteiger partial charge in [-0.3, -0.25) is 9.59 Å². The highest BCUT2D eigenvalue weighted by molar-refractivity contribution is 6.31. The van der Waals surface area contributed by atoms with Crippen LogP contribution in [-0.4, -0.2) is 36.6 Å². The van der Waals surface area contributed by atoms with Gasteiger partial charge in [0, 0.05) is 11.4 Å². The van der Waals surface area contributed by atoms with Crippen LogP contribution in [0.15, 0.2) is 36.4 Å². The van der Waals surface area contributed by atoms with Crippen LogP contribution in [-0.2, 0) is 11.2 Å². The Bertz CT molecular complexity index is 1110. The van der Waals surface area contributed by atoms with E-state index in [1.165, 1.54) is 6.07 Å². The molecule has 2 aromatic rings. The van der Waals surface area contributed by atoms with Gasteiger partial charge in [0.1, 0.15) is 23.1 Å². The maximum atomic E-state index is 13.2. The summed E-state index contributed by atoms with van der Waals surface area (Å²) in [7, 11) is 0. The summed E-state index contributed by atoms with van der Waals surface area (Å²) in [6.07, 6.45) is 3.03. The molecule has 5 rings (SSSR count). The molecule has 2 aromatic carbocycles. The van der Waals surface area contributed by atoms with Gasteiger partial charge >= 0.3 is 0 Å². The van der Waals surface area contributed by atoms with Gasteiger partial charge in [-0.25, -0.2) is 0 Å². The number of amides is 2. The Morgan fingerprint density at radius 2 is 1.85 bits per heavy atom. The molecule has 1 fully saturated rings. The van der Waals surface area contributed by atoms with E-state index in [0.29, 0.717) is 36.8 Å². The fourth-order valence-electron chi connectivity index (χ4n) is 3.77. The molecule has 0 spiro atoms. The molecule has 0 radical (unpaired) electrons. The van der Waals surface area contributed by atoms with Gasteiger partial charge < -0.3 is 20.1 Å². The zero-order valence-corrected chi connectivity index (χ0v) is 19.2. The number of nitriles is 1. The molecule has 1 aliphatic carbocycles. The van der Waals surface area contributed by atoms with Gasteiger partial charge in [-0.2, -0.15) is 5.26 Å². The van der Waals surface area contributed by atoms with Gasteiger partial charge in [0.05, 0.1) is 24.8 Å². The molecule has 0 aromatic heterocycles. The summed E-state index contributed by atoms with van der Waals surface area (Å²) in [5.74, 6) is 0.335. The number of carbonyl (C=O) groups is 2. The van der Waals surface area contributed by atoms with E-state index in [1.54, 1.807) is 12.1 Å². The second kappa shape index (κ2) is 9.72. The first kappa shape index (κ1) is 22.9. The maximum absolute atomic E-state index is 13.2. The van der Waals surface area contributed by atoms with Crippen molar-refractivity contribution >= 4 is 23.4 Å². The van der Waals surface area contributed by atoms with E-state index in [1.807, 2.05) is 25.1 Å². The van der Waals surface area contributed by atoms with Crippen LogP contribution in [0.3, 0.4) is 0 Å². The molecule has 1 saturated carbocycles. The molecule has 7 nitrogen and oxygen atoms in total. The molecule has 2 bridgehead atoms. The molecular formula is C25H26ClN3O4. The predicted octanol–water partition coefficient (Wildman–Crippen LogP) is 3.71. The van der Waals surface area contributed by atoms with Gasteiger partial charge in [-0.05, 0) is 68.0 Å². The Kier molecular flexibility index (Phi) is 6.75. The Morgan fingerprint density at radius 3 is 2.52 bits per heavy atom. The van der Waals surface area contributed by atoms with Crippen molar-refractivity contribution in [1.29, 1.82) is 5.26 Å². The normalized spacial score (nSPS) is 19.8. The third kappa shape index (κ3) is 5.58. The van der Waals surface area contributed by atoms with Crippen molar-refractivity contribution < 1.29 is 19.1 Å². The van der Waals surface area contributed by atoms with E-state index in [9.17, 15) is 14.9 Å². The number of nitrogens with zero attached hydrogens (tertiary/aromatic N) is 1. The van der Waals surface area contributed by atoms with E-state index in [0.717, 1.165) is 29.7 Å². The van der Waals surface area contributed by atoms with Crippen LogP contribution in [0.4, 0.5) is 0 Å². The summed E-state index contributed by atoms with van der Waals surface area (Å²) < 4.78 is 11.7. The minimum absolute atomic E-state index is 0.261. The molecule has 1 unspecified atom stereocenters. The molecule has 8 heteroatoms. The largest absolute Gasteiger partial charge is 0.493 e. The Hall–Kier alpha value is -3.24. The highest BCUT2D eigenvalue weighted by atomic mass is 35.5. The summed E-state index contributed by atoms with van der Waals surface area (Å²) in [4.78, 5) is 26.3. The number of benzene rings is 2. The van der Waals surface area contributed by atoms with E-state index < -0.39 is 23.4 Å². The van der Waals surface area contributed by atoms with Gasteiger partial charge in [-0.15, -0.1) is 0 Å². The van der Waals surface area contributed by atoms with E-state index in [4.69, 9.17) is 21.1 Å². The van der Waals surface area contributed by atoms with Crippen LogP contribution in [0, 0.1) is 18.3 Å². The fraction of sp³-hybridized carbons (Fsp3) is 0.400. The van der Waals surface area contributed by atoms with Crippen molar-refractivity contribution in [1.82, 2.24) is 10.6 Å². The van der Waals surface area contributed by atoms with Crippen molar-refractivity contribution in [3.8, 4) is 17.6 Å². The zero-order valence-electron chi connectivity index (χ0n) is 18.4. The van der Waals surface area contributed by atoms with Gasteiger partial charge in [0.15, 0.2) is 0 Å². The molecule has 172 valence electrons. The van der Waals surface area contributed by atoms with Crippen LogP contribution >= 0.6 is 11.6 Å². The number of halogens is 1. The third-order valence-corrected chi connectivity index (χ3v) is 6.10. The molecular weight excluding hydrogens is 442 g/mol. The lowest BCUT2D eigenvalue weighted by atomic mass is 10.0. The van der Waals surface area contributed by atoms with E-state index in [-0.39, 0.29) is 12.0 Å². The number of aryl methyl sites for hydroxylation is 1. The molecule has 2 aliphatic heterocycles. The summed E-state index contributed by atoms with van der Waals surface area (Å²) >= 11 is 6.14. The molecule has 2 N–H and O–H groups in total. The SMILES string of the molecule is Cc1cc2ccc1OCCCCOc1ccc(Cl)cc1C(=O)NC(C(=O)NC1(C#N)CC1)C2. The van der Waals surface area contributed by atoms with Crippen LogP contribution < -0.4 is 20.1 Å². The van der Waals surface area contributed by atoms with E-state index in [2.05, 4.69) is 16.7 Å². The minimum atomic E-state index is -0.880. The summed E-state index contributed by atoms with van der Waals surface area (Å²) in [6, 6.07) is 11.9. The van der Waals surface area contributed by atoms with Crippen molar-refractivity contribution in [2.75, 3.05) is 13.2 Å². The quantitative estimate of drug-likeness (QED) is 0.701. The summed E-state index contributed by atoms with van der Waals surface area (Å²) in [5.41, 5.74) is 1.25. The second-order valence-corrected chi connectivity index (χ2v) is 8.99. The number of fused-ring (bicyclic) bond motifs is 10. The van der Waals surface area contributed by atoms with Gasteiger partial charge in [0.25, 0.3) is 5.91 Å². The number of carbonyl (C=O) groups excluding carboxylic acids is 2. The molecule has 3 aliphatic rings. The fourth-order valence-corrected chi connectivity index (χ4v) is 3.94. The first-order chi connectivity index (χ1) is 15.9. The lowest BCUT2D eigenvalue weighted by molar-refractivity contribution is -0.123. The van der Waals surface area contributed by atoms with Crippen molar-refractivity contribution in [2.45, 2.75) is 50.6 Å². The number of rotatable bonds is 2. The predicted molar refractivity (Wildman–Crippen MR) is 124 cm³/mol. The first-order valence-electron chi connectivity index (χ1n) is 11.1. The third-order valence-electron chi connectivity index (χ3n) is 5.87. The van der Waals surface area contributed by atoms with Gasteiger partial charge in [-0.1, -0.05) is 23.7 Å². The number of nitrogens with one attached hydrogen (secondary N) is 2. The van der Waals surface area contributed by atoms with E-state index >= 15 is 0 Å². The summed E-state index contributed by atoms with van der Waals surface area (Å²) in [5, 5.41) is 15.4. The van der Waals surface area contributed by atoms with Gasteiger partial charge in [0.2, 0.25) is 5.91 Å². The number of hydrogen-bond donors (Lipinski definition) is 2. The van der Waals surface area contributed by atoms with Crippen LogP contribution in [0.2, 0.25) is 5.02 Å². The zero-order chi connectivity index (χ0) is 23.4. The Labute approximate surface area is 198 Å². The minimum Gasteiger partial charge on any atom is -0.493 e. The maximum Gasteiger partial charge on any atom is 0.255 e. The number of ether oxygens (including phenoxy) is 2. The highest BCUT2D eigenvalue weighted by Gasteiger charge is 2.45. The second-order valence-electron chi connectivity index (χ2n) is 8.56. The molecule has 33 heavy (non-hydrogen) atoms. The lowest BCUT2D eigenvalue weighted by Crippen LogP contribution is -2.51. The smallest absolute Gasteiger partial charge is 0.255 e. The summed E-state index contributed by atoms with van der Waals surface area (Å²) in [6.45, 7) is 2.92. The molecule has 0 saturated heterocycles. The molecule has 2 amide bonds. The molecule has 2 heterocycles. The van der Waals surface area contributed by atoms with Crippen molar-refractivity contribution in [3.05, 3.63) is 58.1 Å². The van der Waals surface area contributed by atoms with Crippen LogP contribution in [0.1, 0.15) is 47.2 Å².